The number of hydrogen-bond donors (Lipinski definition) is 1. The fourth-order valence-electron chi connectivity index (χ4n) is 1.70. The van der Waals surface area contributed by atoms with E-state index in [1.165, 1.54) is 0 Å². The largest absolute Gasteiger partial charge is 0.337 e. The van der Waals surface area contributed by atoms with Gasteiger partial charge in [-0.2, -0.15) is 17.0 Å². The van der Waals surface area contributed by atoms with Gasteiger partial charge in [-0.3, -0.25) is 4.79 Å². The Morgan fingerprint density at radius 1 is 1.65 bits per heavy atom. The maximum Gasteiger partial charge on any atom is 0.226 e. The van der Waals surface area contributed by atoms with E-state index in [-0.39, 0.29) is 5.91 Å². The quantitative estimate of drug-likeness (QED) is 0.926. The number of halogens is 1. The molecule has 3 nitrogen and oxygen atoms in total. The summed E-state index contributed by atoms with van der Waals surface area (Å²) < 4.78 is 1.02. The summed E-state index contributed by atoms with van der Waals surface area (Å²) in [5.41, 5.74) is -0.643. The lowest BCUT2D eigenvalue weighted by atomic mass is 10.0. The lowest BCUT2D eigenvalue weighted by Gasteiger charge is -2.20. The highest BCUT2D eigenvalue weighted by Crippen LogP contribution is 2.28. The van der Waals surface area contributed by atoms with E-state index in [0.29, 0.717) is 12.2 Å². The van der Waals surface area contributed by atoms with Crippen LogP contribution in [0.2, 0.25) is 0 Å². The van der Waals surface area contributed by atoms with Gasteiger partial charge in [0.15, 0.2) is 0 Å². The summed E-state index contributed by atoms with van der Waals surface area (Å²) >= 11 is 6.63. The first-order valence-corrected chi connectivity index (χ1v) is 7.94. The minimum atomic E-state index is -0.643. The average molecular weight is 331 g/mol. The monoisotopic (exact) mass is 330 g/mol. The third-order valence-corrected chi connectivity index (χ3v) is 5.39. The highest BCUT2D eigenvalue weighted by molar-refractivity contribution is 9.11. The molecule has 1 N–H and O–H groups in total. The molecule has 0 radical (unpaired) electrons. The Kier molecular flexibility index (Phi) is 4.13. The second-order valence-corrected chi connectivity index (χ2v) is 7.58. The zero-order chi connectivity index (χ0) is 12.3. The van der Waals surface area contributed by atoms with Gasteiger partial charge in [0.25, 0.3) is 0 Å². The molecule has 0 aliphatic carbocycles. The van der Waals surface area contributed by atoms with Crippen LogP contribution in [0.25, 0.3) is 0 Å². The van der Waals surface area contributed by atoms with Crippen LogP contribution in [0.3, 0.4) is 0 Å². The van der Waals surface area contributed by atoms with Gasteiger partial charge in [-0.25, -0.2) is 0 Å². The van der Waals surface area contributed by atoms with E-state index < -0.39 is 5.54 Å². The molecule has 1 aliphatic heterocycles. The summed E-state index contributed by atoms with van der Waals surface area (Å²) in [5, 5.41) is 12.0. The maximum absolute atomic E-state index is 11.9. The molecule has 1 aromatic rings. The Labute approximate surface area is 117 Å². The molecule has 6 heteroatoms. The van der Waals surface area contributed by atoms with Crippen molar-refractivity contribution >= 4 is 44.9 Å². The molecule has 0 bridgehead atoms. The summed E-state index contributed by atoms with van der Waals surface area (Å²) in [6, 6.07) is 6.10. The molecule has 0 aromatic carbocycles. The Bertz CT molecular complexity index is 460. The molecule has 2 heterocycles. The number of thioether (sulfide) groups is 1. The van der Waals surface area contributed by atoms with E-state index in [0.717, 1.165) is 20.8 Å². The summed E-state index contributed by atoms with van der Waals surface area (Å²) in [7, 11) is 0. The topological polar surface area (TPSA) is 52.9 Å². The van der Waals surface area contributed by atoms with Gasteiger partial charge in [0, 0.05) is 10.6 Å². The molecule has 0 spiro atoms. The fraction of sp³-hybridized carbons (Fsp3) is 0.455. The van der Waals surface area contributed by atoms with E-state index in [4.69, 9.17) is 5.26 Å². The zero-order valence-corrected chi connectivity index (χ0v) is 12.3. The molecule has 17 heavy (non-hydrogen) atoms. The normalized spacial score (nSPS) is 23.3. The van der Waals surface area contributed by atoms with E-state index in [2.05, 4.69) is 27.3 Å². The van der Waals surface area contributed by atoms with Gasteiger partial charge in [0.2, 0.25) is 5.91 Å². The van der Waals surface area contributed by atoms with Gasteiger partial charge in [-0.05, 0) is 40.2 Å². The second-order valence-electron chi connectivity index (χ2n) is 3.93. The number of hydrogen-bond acceptors (Lipinski definition) is 4. The minimum Gasteiger partial charge on any atom is -0.337 e. The summed E-state index contributed by atoms with van der Waals surface area (Å²) in [6.07, 6.45) is 1.10. The first kappa shape index (κ1) is 12.9. The van der Waals surface area contributed by atoms with Gasteiger partial charge in [0.05, 0.1) is 16.3 Å². The molecular weight excluding hydrogens is 320 g/mol. The van der Waals surface area contributed by atoms with Crippen molar-refractivity contribution in [1.29, 1.82) is 5.26 Å². The molecule has 1 fully saturated rings. The number of thiophene rings is 1. The van der Waals surface area contributed by atoms with E-state index in [1.54, 1.807) is 23.1 Å². The number of amides is 1. The lowest BCUT2D eigenvalue weighted by Crippen LogP contribution is -2.48. The van der Waals surface area contributed by atoms with Gasteiger partial charge in [-0.1, -0.05) is 0 Å². The van der Waals surface area contributed by atoms with Gasteiger partial charge < -0.3 is 5.32 Å². The number of nitrogens with zero attached hydrogens (tertiary/aromatic N) is 1. The number of rotatable bonds is 3. The number of carbonyl (C=O) groups is 1. The number of nitrogens with one attached hydrogen (secondary N) is 1. The van der Waals surface area contributed by atoms with Crippen molar-refractivity contribution in [2.75, 3.05) is 11.5 Å². The van der Waals surface area contributed by atoms with Crippen LogP contribution < -0.4 is 5.32 Å². The van der Waals surface area contributed by atoms with Gasteiger partial charge in [-0.15, -0.1) is 11.3 Å². The molecule has 1 amide bonds. The third kappa shape index (κ3) is 3.24. The average Bonchev–Trinajstić information content (AvgIpc) is 2.89. The molecule has 2 rings (SSSR count). The van der Waals surface area contributed by atoms with E-state index >= 15 is 0 Å². The van der Waals surface area contributed by atoms with Crippen molar-refractivity contribution in [3.8, 4) is 6.07 Å². The maximum atomic E-state index is 11.9. The van der Waals surface area contributed by atoms with Crippen molar-refractivity contribution in [1.82, 2.24) is 5.32 Å². The lowest BCUT2D eigenvalue weighted by molar-refractivity contribution is -0.121. The van der Waals surface area contributed by atoms with Crippen molar-refractivity contribution < 1.29 is 4.79 Å². The molecule has 1 atom stereocenters. The predicted octanol–water partition coefficient (Wildman–Crippen LogP) is 2.57. The SMILES string of the molecule is N#C[C@]1(NC(=O)Cc2ccc(Br)s2)CCSC1. The van der Waals surface area contributed by atoms with Crippen LogP contribution in [-0.4, -0.2) is 23.0 Å². The Morgan fingerprint density at radius 2 is 2.47 bits per heavy atom. The van der Waals surface area contributed by atoms with Crippen LogP contribution in [0.1, 0.15) is 11.3 Å². The predicted molar refractivity (Wildman–Crippen MR) is 74.2 cm³/mol. The van der Waals surface area contributed by atoms with Crippen LogP contribution in [0.15, 0.2) is 15.9 Å². The van der Waals surface area contributed by atoms with Crippen molar-refractivity contribution in [2.45, 2.75) is 18.4 Å². The Balaban J connectivity index is 1.95. The first-order valence-electron chi connectivity index (χ1n) is 5.18. The van der Waals surface area contributed by atoms with Gasteiger partial charge in [0.1, 0.15) is 5.54 Å². The highest BCUT2D eigenvalue weighted by atomic mass is 79.9. The third-order valence-electron chi connectivity index (χ3n) is 2.58. The standard InChI is InChI=1S/C11H11BrN2OS2/c12-9-2-1-8(17-9)5-10(15)14-11(6-13)3-4-16-7-11/h1-2H,3-5,7H2,(H,14,15)/t11-/m1/s1. The molecule has 1 aliphatic rings. The fourth-order valence-corrected chi connectivity index (χ4v) is 4.44. The first-order chi connectivity index (χ1) is 8.13. The Morgan fingerprint density at radius 3 is 3.00 bits per heavy atom. The molecule has 1 aromatic heterocycles. The zero-order valence-electron chi connectivity index (χ0n) is 9.03. The minimum absolute atomic E-state index is 0.0663. The molecule has 0 saturated carbocycles. The molecule has 0 unspecified atom stereocenters. The number of carbonyl (C=O) groups excluding carboxylic acids is 1. The molecule has 1 saturated heterocycles. The summed E-state index contributed by atoms with van der Waals surface area (Å²) in [4.78, 5) is 12.9. The Hall–Kier alpha value is -0.510. The second kappa shape index (κ2) is 5.42. The van der Waals surface area contributed by atoms with E-state index in [9.17, 15) is 4.79 Å². The van der Waals surface area contributed by atoms with Crippen molar-refractivity contribution in [3.05, 3.63) is 20.8 Å². The summed E-state index contributed by atoms with van der Waals surface area (Å²) in [6.45, 7) is 0. The van der Waals surface area contributed by atoms with Crippen LogP contribution in [0.5, 0.6) is 0 Å². The molecule has 90 valence electrons. The van der Waals surface area contributed by atoms with Crippen LogP contribution in [-0.2, 0) is 11.2 Å². The van der Waals surface area contributed by atoms with E-state index in [1.807, 2.05) is 12.1 Å². The molecular formula is C11H11BrN2OS2. The van der Waals surface area contributed by atoms with Crippen LogP contribution in [0.4, 0.5) is 0 Å². The number of nitriles is 1. The van der Waals surface area contributed by atoms with Gasteiger partial charge >= 0.3 is 0 Å². The van der Waals surface area contributed by atoms with Crippen LogP contribution in [0, 0.1) is 11.3 Å². The van der Waals surface area contributed by atoms with Crippen molar-refractivity contribution in [3.63, 3.8) is 0 Å². The highest BCUT2D eigenvalue weighted by Gasteiger charge is 2.35. The van der Waals surface area contributed by atoms with Crippen LogP contribution >= 0.6 is 39.0 Å². The summed E-state index contributed by atoms with van der Waals surface area (Å²) in [5.74, 6) is 1.57. The smallest absolute Gasteiger partial charge is 0.226 e. The van der Waals surface area contributed by atoms with Crippen molar-refractivity contribution in [2.24, 2.45) is 0 Å².